The average Bonchev–Trinajstić information content (AvgIpc) is 3.55. The van der Waals surface area contributed by atoms with E-state index in [4.69, 9.17) is 10.4 Å². The number of allylic oxidation sites excluding steroid dienone is 1. The highest BCUT2D eigenvalue weighted by molar-refractivity contribution is 6.21. The molecule has 0 spiro atoms. The van der Waals surface area contributed by atoms with E-state index in [1.807, 2.05) is 36.4 Å². The Hall–Kier alpha value is -7.10. The van der Waals surface area contributed by atoms with Gasteiger partial charge in [-0.05, 0) is 96.2 Å². The first-order valence-electron chi connectivity index (χ1n) is 18.0. The van der Waals surface area contributed by atoms with Gasteiger partial charge in [0, 0.05) is 16.3 Å². The van der Waals surface area contributed by atoms with Crippen LogP contribution in [0.3, 0.4) is 0 Å². The number of aromatic nitrogens is 1. The molecule has 0 radical (unpaired) electrons. The van der Waals surface area contributed by atoms with Gasteiger partial charge in [0.15, 0.2) is 5.84 Å². The minimum atomic E-state index is 0.215. The van der Waals surface area contributed by atoms with Gasteiger partial charge in [0.1, 0.15) is 5.84 Å². The summed E-state index contributed by atoms with van der Waals surface area (Å²) < 4.78 is 2.17. The summed E-state index contributed by atoms with van der Waals surface area (Å²) in [6, 6.07) is 64.2. The molecule has 10 aromatic rings. The zero-order valence-corrected chi connectivity index (χ0v) is 28.9. The number of nitrogens with zero attached hydrogens (tertiary/aromatic N) is 2. The summed E-state index contributed by atoms with van der Waals surface area (Å²) in [5, 5.41) is 21.2. The van der Waals surface area contributed by atoms with Crippen molar-refractivity contribution in [3.63, 3.8) is 0 Å². The highest BCUT2D eigenvalue weighted by atomic mass is 15.1. The van der Waals surface area contributed by atoms with Crippen LogP contribution in [0, 0.1) is 5.41 Å². The third kappa shape index (κ3) is 5.30. The fourth-order valence-corrected chi connectivity index (χ4v) is 7.93. The third-order valence-corrected chi connectivity index (χ3v) is 10.4. The van der Waals surface area contributed by atoms with Gasteiger partial charge in [-0.25, -0.2) is 4.99 Å². The van der Waals surface area contributed by atoms with Crippen LogP contribution in [0.25, 0.3) is 82.1 Å². The molecular weight excluding hydrogens is 643 g/mol. The Balaban J connectivity index is 1.09. The lowest BCUT2D eigenvalue weighted by Crippen LogP contribution is -2.12. The topological polar surface area (TPSA) is 41.1 Å². The smallest absolute Gasteiger partial charge is 0.154 e. The average molecular weight is 676 g/mol. The van der Waals surface area contributed by atoms with Crippen LogP contribution in [0.2, 0.25) is 0 Å². The van der Waals surface area contributed by atoms with Crippen LogP contribution in [-0.4, -0.2) is 16.2 Å². The predicted molar refractivity (Wildman–Crippen MR) is 226 cm³/mol. The number of benzene rings is 9. The number of para-hydroxylation sites is 2. The molecule has 0 aliphatic rings. The van der Waals surface area contributed by atoms with Crippen LogP contribution in [0.5, 0.6) is 0 Å². The maximum atomic E-state index is 8.97. The zero-order valence-electron chi connectivity index (χ0n) is 28.9. The molecule has 0 aliphatic heterocycles. The fourth-order valence-electron chi connectivity index (χ4n) is 7.93. The van der Waals surface area contributed by atoms with Crippen LogP contribution >= 0.6 is 0 Å². The number of hydrogen-bond donors (Lipinski definition) is 1. The van der Waals surface area contributed by atoms with E-state index in [1.165, 1.54) is 54.2 Å². The molecule has 248 valence electrons. The van der Waals surface area contributed by atoms with Crippen LogP contribution in [0.15, 0.2) is 193 Å². The summed E-state index contributed by atoms with van der Waals surface area (Å²) >= 11 is 0. The normalized spacial score (nSPS) is 12.3. The molecule has 0 aliphatic carbocycles. The molecule has 10 rings (SSSR count). The monoisotopic (exact) mass is 675 g/mol. The first-order chi connectivity index (χ1) is 26.2. The summed E-state index contributed by atoms with van der Waals surface area (Å²) in [4.78, 5) is 4.96. The Labute approximate surface area is 306 Å². The van der Waals surface area contributed by atoms with Gasteiger partial charge in [-0.3, -0.25) is 9.98 Å². The maximum Gasteiger partial charge on any atom is 0.154 e. The SMILES string of the molecule is N=C(N=C(/C=C/c1ccc2cc(-c3c4ccccc4cc4c3ccc3ccccc34)ccc2c1)n1c2ccccc2c2ccccc21)c1ccccc1. The standard InChI is InChI=1S/C50H33N3/c51-50(35-13-2-1-3-14-35)52-48(53-46-20-10-8-18-42(46)43-19-9-11-21-47(43)53)29-23-33-22-24-37-31-39(26-25-36(37)30-33)49-41-17-7-5-15-38(41)32-45-40-16-6-4-12-34(40)27-28-44(45)49/h1-32,51H/b29-23+,51-50?,52-48?. The van der Waals surface area contributed by atoms with E-state index in [9.17, 15) is 0 Å². The molecule has 0 saturated carbocycles. The van der Waals surface area contributed by atoms with Gasteiger partial charge in [-0.2, -0.15) is 0 Å². The second-order valence-electron chi connectivity index (χ2n) is 13.6. The van der Waals surface area contributed by atoms with Crippen molar-refractivity contribution in [1.29, 1.82) is 5.41 Å². The molecule has 9 aromatic carbocycles. The Bertz CT molecular complexity index is 3070. The summed E-state index contributed by atoms with van der Waals surface area (Å²) in [7, 11) is 0. The van der Waals surface area contributed by atoms with Crippen molar-refractivity contribution in [1.82, 2.24) is 4.57 Å². The molecule has 0 saturated heterocycles. The quantitative estimate of drug-likeness (QED) is 0.0835. The van der Waals surface area contributed by atoms with E-state index in [1.54, 1.807) is 0 Å². The van der Waals surface area contributed by atoms with Crippen molar-refractivity contribution in [2.45, 2.75) is 0 Å². The summed E-state index contributed by atoms with van der Waals surface area (Å²) in [6.45, 7) is 0. The molecule has 3 nitrogen and oxygen atoms in total. The molecule has 0 fully saturated rings. The Morgan fingerprint density at radius 2 is 1.06 bits per heavy atom. The van der Waals surface area contributed by atoms with E-state index in [0.717, 1.165) is 32.9 Å². The molecular formula is C50H33N3. The molecule has 1 heterocycles. The van der Waals surface area contributed by atoms with E-state index in [0.29, 0.717) is 5.84 Å². The summed E-state index contributed by atoms with van der Waals surface area (Å²) in [5.74, 6) is 0.897. The lowest BCUT2D eigenvalue weighted by atomic mass is 9.89. The first-order valence-corrected chi connectivity index (χ1v) is 18.0. The predicted octanol–water partition coefficient (Wildman–Crippen LogP) is 13.1. The Morgan fingerprint density at radius 1 is 0.453 bits per heavy atom. The zero-order chi connectivity index (χ0) is 35.3. The maximum absolute atomic E-state index is 8.97. The molecule has 0 bridgehead atoms. The molecule has 3 heteroatoms. The second-order valence-corrected chi connectivity index (χ2v) is 13.6. The van der Waals surface area contributed by atoms with Crippen LogP contribution in [0.4, 0.5) is 0 Å². The van der Waals surface area contributed by atoms with Crippen molar-refractivity contribution in [2.24, 2.45) is 4.99 Å². The lowest BCUT2D eigenvalue weighted by Gasteiger charge is -2.15. The van der Waals surface area contributed by atoms with E-state index in [2.05, 4.69) is 162 Å². The number of hydrogen-bond acceptors (Lipinski definition) is 1. The Kier molecular flexibility index (Phi) is 7.29. The number of fused-ring (bicyclic) bond motifs is 8. The van der Waals surface area contributed by atoms with Crippen molar-refractivity contribution < 1.29 is 0 Å². The molecule has 0 atom stereocenters. The first kappa shape index (κ1) is 30.7. The second kappa shape index (κ2) is 12.6. The third-order valence-electron chi connectivity index (χ3n) is 10.4. The van der Waals surface area contributed by atoms with Crippen LogP contribution in [0.1, 0.15) is 11.1 Å². The lowest BCUT2D eigenvalue weighted by molar-refractivity contribution is 1.27. The number of amidine groups is 1. The molecule has 1 aromatic heterocycles. The van der Waals surface area contributed by atoms with Crippen LogP contribution < -0.4 is 0 Å². The highest BCUT2D eigenvalue weighted by Gasteiger charge is 2.15. The van der Waals surface area contributed by atoms with E-state index in [-0.39, 0.29) is 5.84 Å². The number of aliphatic imine (C=N–C) groups is 1. The number of nitrogens with one attached hydrogen (secondary N) is 1. The number of rotatable bonds is 4. The van der Waals surface area contributed by atoms with Crippen molar-refractivity contribution in [3.05, 3.63) is 199 Å². The van der Waals surface area contributed by atoms with Gasteiger partial charge in [0.05, 0.1) is 11.0 Å². The van der Waals surface area contributed by atoms with E-state index < -0.39 is 0 Å². The fraction of sp³-hybridized carbons (Fsp3) is 0. The molecule has 0 amide bonds. The highest BCUT2D eigenvalue weighted by Crippen LogP contribution is 2.40. The van der Waals surface area contributed by atoms with Gasteiger partial charge in [0.25, 0.3) is 0 Å². The summed E-state index contributed by atoms with van der Waals surface area (Å²) in [5.41, 5.74) is 6.41. The van der Waals surface area contributed by atoms with Gasteiger partial charge in [0.2, 0.25) is 0 Å². The van der Waals surface area contributed by atoms with Crippen molar-refractivity contribution in [2.75, 3.05) is 0 Å². The molecule has 53 heavy (non-hydrogen) atoms. The largest absolute Gasteiger partial charge is 0.294 e. The minimum absolute atomic E-state index is 0.215. The van der Waals surface area contributed by atoms with Crippen molar-refractivity contribution >= 4 is 82.6 Å². The van der Waals surface area contributed by atoms with Gasteiger partial charge < -0.3 is 0 Å². The Morgan fingerprint density at radius 3 is 1.83 bits per heavy atom. The molecule has 0 unspecified atom stereocenters. The van der Waals surface area contributed by atoms with E-state index >= 15 is 0 Å². The molecule has 1 N–H and O–H groups in total. The van der Waals surface area contributed by atoms with Crippen LogP contribution in [-0.2, 0) is 0 Å². The van der Waals surface area contributed by atoms with Crippen molar-refractivity contribution in [3.8, 4) is 11.1 Å². The van der Waals surface area contributed by atoms with Gasteiger partial charge in [-0.1, -0.05) is 158 Å². The minimum Gasteiger partial charge on any atom is -0.294 e. The van der Waals surface area contributed by atoms with Gasteiger partial charge >= 0.3 is 0 Å². The van der Waals surface area contributed by atoms with Gasteiger partial charge in [-0.15, -0.1) is 0 Å². The summed E-state index contributed by atoms with van der Waals surface area (Å²) in [6.07, 6.45) is 4.15.